The number of rotatable bonds is 25. The molecular weight excluding hydrogens is 883 g/mol. The quantitative estimate of drug-likeness (QED) is 0.0702. The minimum atomic E-state index is -3.36. The molecule has 1 aromatic carbocycles. The monoisotopic (exact) mass is 943 g/mol. The fourth-order valence-corrected chi connectivity index (χ4v) is 10.6. The molecule has 57 heavy (non-hydrogen) atoms. The van der Waals surface area contributed by atoms with E-state index in [1.807, 2.05) is 33.7 Å². The molecule has 1 unspecified atom stereocenters. The van der Waals surface area contributed by atoms with Crippen LogP contribution in [0.4, 0.5) is 5.69 Å². The van der Waals surface area contributed by atoms with Crippen molar-refractivity contribution < 1.29 is 53.4 Å². The summed E-state index contributed by atoms with van der Waals surface area (Å²) in [6.45, 7) is 13.4. The van der Waals surface area contributed by atoms with Crippen molar-refractivity contribution in [3.63, 3.8) is 0 Å². The van der Waals surface area contributed by atoms with Gasteiger partial charge >= 0.3 is 102 Å². The minimum Gasteiger partial charge on any atom is -0.326 e. The van der Waals surface area contributed by atoms with Gasteiger partial charge in [0.05, 0.1) is 46.4 Å². The van der Waals surface area contributed by atoms with Crippen LogP contribution in [0, 0.1) is 0 Å². The SMILES string of the molecule is CC[I-]COCCOCCOCCOCCS(=O)(=O)CCCn1c(CN2C(=O)C3(CCN(C(C)CCN4CCCC4)CC3)c3ccncc32)nc2cc(Cl)ccc21. The summed E-state index contributed by atoms with van der Waals surface area (Å²) in [5.41, 5.74) is 2.85. The van der Waals surface area contributed by atoms with Crippen molar-refractivity contribution in [3.05, 3.63) is 53.1 Å². The molecule has 0 aliphatic carbocycles. The van der Waals surface area contributed by atoms with Crippen molar-refractivity contribution in [2.45, 2.75) is 76.9 Å². The van der Waals surface area contributed by atoms with E-state index in [-0.39, 0.29) is 51.8 Å². The standard InChI is InChI=1S/C41H61ClIN6O7S/c1-3-43-32-56-25-24-54-21-20-53-22-23-55-26-28-57(51,52)27-6-16-48-37-8-7-34(42)29-36(37)45-39(48)31-49-38-30-44-13-9-35(38)41(40(49)50)11-18-47(19-12-41)33(2)10-17-46-14-4-5-15-46/h7-9,13,29-30,33H,3-6,10-12,14-28,31-32H2,1-2H3/q-1. The van der Waals surface area contributed by atoms with E-state index in [1.54, 1.807) is 12.4 Å². The van der Waals surface area contributed by atoms with E-state index in [4.69, 9.17) is 35.5 Å². The van der Waals surface area contributed by atoms with Gasteiger partial charge in [0.25, 0.3) is 0 Å². The van der Waals surface area contributed by atoms with E-state index in [2.05, 4.69) is 28.6 Å². The normalized spacial score (nSPS) is 18.1. The summed E-state index contributed by atoms with van der Waals surface area (Å²) in [4.78, 5) is 31.0. The van der Waals surface area contributed by atoms with Crippen LogP contribution >= 0.6 is 11.6 Å². The number of carbonyl (C=O) groups excluding carboxylic acids is 1. The Balaban J connectivity index is 0.998. The van der Waals surface area contributed by atoms with Crippen LogP contribution < -0.4 is 26.1 Å². The molecular formula is C41H61ClIN6O7S-. The molecule has 3 aliphatic rings. The number of amides is 1. The van der Waals surface area contributed by atoms with Crippen molar-refractivity contribution in [3.8, 4) is 0 Å². The predicted molar refractivity (Wildman–Crippen MR) is 219 cm³/mol. The number of aryl methyl sites for hydroxylation is 1. The average molecular weight is 944 g/mol. The Bertz CT molecular complexity index is 1840. The Morgan fingerprint density at radius 1 is 0.912 bits per heavy atom. The van der Waals surface area contributed by atoms with Crippen LogP contribution in [0.3, 0.4) is 0 Å². The number of benzene rings is 1. The summed E-state index contributed by atoms with van der Waals surface area (Å²) >= 11 is 6.55. The first-order valence-electron chi connectivity index (χ1n) is 20.6. The minimum absolute atomic E-state index is 0.00621. The van der Waals surface area contributed by atoms with Gasteiger partial charge in [-0.05, 0) is 108 Å². The van der Waals surface area contributed by atoms with Gasteiger partial charge in [0.1, 0.15) is 5.82 Å². The molecule has 3 aromatic rings. The molecule has 1 amide bonds. The number of sulfone groups is 1. The number of pyridine rings is 1. The Kier molecular flexibility index (Phi) is 17.2. The fourth-order valence-electron chi connectivity index (χ4n) is 8.27. The first-order valence-corrected chi connectivity index (χ1v) is 25.9. The van der Waals surface area contributed by atoms with Crippen LogP contribution in [0.15, 0.2) is 36.7 Å². The summed E-state index contributed by atoms with van der Waals surface area (Å²) < 4.78 is 52.3. The van der Waals surface area contributed by atoms with E-state index < -0.39 is 15.3 Å². The number of carbonyl (C=O) groups is 1. The first kappa shape index (κ1) is 44.6. The Morgan fingerprint density at radius 3 is 2.33 bits per heavy atom. The molecule has 318 valence electrons. The van der Waals surface area contributed by atoms with Crippen LogP contribution in [-0.2, 0) is 52.1 Å². The molecule has 2 fully saturated rings. The molecule has 3 aliphatic heterocycles. The smallest absolute Gasteiger partial charge is 0.326 e. The molecule has 1 spiro atoms. The average Bonchev–Trinajstić information content (AvgIpc) is 3.91. The second kappa shape index (κ2) is 22.0. The van der Waals surface area contributed by atoms with Gasteiger partial charge in [-0.2, -0.15) is 0 Å². The number of hydrogen-bond acceptors (Lipinski definition) is 11. The van der Waals surface area contributed by atoms with Gasteiger partial charge in [0.2, 0.25) is 5.91 Å². The zero-order chi connectivity index (χ0) is 40.1. The summed E-state index contributed by atoms with van der Waals surface area (Å²) in [7, 11) is -3.36. The molecule has 2 saturated heterocycles. The molecule has 5 heterocycles. The molecule has 0 bridgehead atoms. The number of hydrogen-bond donors (Lipinski definition) is 0. The molecule has 16 heteroatoms. The van der Waals surface area contributed by atoms with Gasteiger partial charge in [-0.3, -0.25) is 9.78 Å². The van der Waals surface area contributed by atoms with Gasteiger partial charge in [-0.1, -0.05) is 11.6 Å². The zero-order valence-electron chi connectivity index (χ0n) is 33.7. The molecule has 6 rings (SSSR count). The van der Waals surface area contributed by atoms with Crippen LogP contribution in [0.1, 0.15) is 63.8 Å². The molecule has 0 radical (unpaired) electrons. The second-order valence-corrected chi connectivity index (χ2v) is 21.2. The third kappa shape index (κ3) is 12.1. The maximum absolute atomic E-state index is 14.6. The van der Waals surface area contributed by atoms with E-state index in [9.17, 15) is 13.2 Å². The summed E-state index contributed by atoms with van der Waals surface area (Å²) in [5, 5.41) is 0.566. The van der Waals surface area contributed by atoms with Gasteiger partial charge in [-0.25, -0.2) is 13.4 Å². The number of alkyl halides is 2. The van der Waals surface area contributed by atoms with Crippen molar-refractivity contribution >= 4 is 44.1 Å². The number of piperidine rings is 1. The number of likely N-dealkylation sites (tertiary alicyclic amines) is 2. The van der Waals surface area contributed by atoms with Crippen molar-refractivity contribution in [1.82, 2.24) is 24.3 Å². The zero-order valence-corrected chi connectivity index (χ0v) is 37.4. The van der Waals surface area contributed by atoms with Crippen molar-refractivity contribution in [2.24, 2.45) is 0 Å². The van der Waals surface area contributed by atoms with Crippen LogP contribution in [0.25, 0.3) is 11.0 Å². The number of halogens is 2. The molecule has 13 nitrogen and oxygen atoms in total. The number of aromatic nitrogens is 3. The third-order valence-corrected chi connectivity index (χ3v) is 15.4. The number of fused-ring (bicyclic) bond motifs is 3. The molecule has 0 saturated carbocycles. The first-order chi connectivity index (χ1) is 27.7. The Labute approximate surface area is 354 Å². The van der Waals surface area contributed by atoms with E-state index in [1.165, 1.54) is 30.4 Å². The van der Waals surface area contributed by atoms with Crippen molar-refractivity contribution in [1.29, 1.82) is 0 Å². The number of ether oxygens (including phenoxy) is 4. The van der Waals surface area contributed by atoms with Gasteiger partial charge in [-0.15, -0.1) is 0 Å². The Morgan fingerprint density at radius 2 is 1.61 bits per heavy atom. The maximum atomic E-state index is 14.6. The van der Waals surface area contributed by atoms with Gasteiger partial charge < -0.3 is 19.3 Å². The van der Waals surface area contributed by atoms with Crippen LogP contribution in [0.5, 0.6) is 0 Å². The van der Waals surface area contributed by atoms with Gasteiger partial charge in [0.15, 0.2) is 9.84 Å². The Hall–Kier alpha value is -1.96. The topological polar surface area (TPSA) is 129 Å². The van der Waals surface area contributed by atoms with Gasteiger partial charge in [0, 0.05) is 23.8 Å². The third-order valence-electron chi connectivity index (χ3n) is 11.5. The van der Waals surface area contributed by atoms with E-state index in [0.29, 0.717) is 75.0 Å². The van der Waals surface area contributed by atoms with E-state index in [0.717, 1.165) is 60.3 Å². The molecule has 1 atom stereocenters. The summed E-state index contributed by atoms with van der Waals surface area (Å²) in [6, 6.07) is 8.04. The fraction of sp³-hybridized carbons (Fsp3) is 0.683. The number of anilines is 1. The van der Waals surface area contributed by atoms with Crippen LogP contribution in [-0.4, -0.2) is 144 Å². The molecule has 2 aromatic heterocycles. The van der Waals surface area contributed by atoms with Crippen LogP contribution in [0.2, 0.25) is 5.02 Å². The number of nitrogens with zero attached hydrogens (tertiary/aromatic N) is 6. The predicted octanol–water partition coefficient (Wildman–Crippen LogP) is 1.78. The summed E-state index contributed by atoms with van der Waals surface area (Å²) in [6.07, 6.45) is 9.27. The number of imidazole rings is 1. The molecule has 0 N–H and O–H groups in total. The van der Waals surface area contributed by atoms with Crippen molar-refractivity contribution in [2.75, 3.05) is 104 Å². The second-order valence-electron chi connectivity index (χ2n) is 15.2. The summed E-state index contributed by atoms with van der Waals surface area (Å²) in [5.74, 6) is 0.726. The van der Waals surface area contributed by atoms with E-state index >= 15 is 0 Å².